The Labute approximate surface area is 86.9 Å². The summed E-state index contributed by atoms with van der Waals surface area (Å²) in [5.74, 6) is 1.79. The van der Waals surface area contributed by atoms with Gasteiger partial charge in [0, 0.05) is 5.56 Å². The van der Waals surface area contributed by atoms with Crippen molar-refractivity contribution in [2.24, 2.45) is 0 Å². The molecule has 0 aliphatic carbocycles. The summed E-state index contributed by atoms with van der Waals surface area (Å²) in [6.07, 6.45) is 6.40. The van der Waals surface area contributed by atoms with Gasteiger partial charge in [0.1, 0.15) is 23.5 Å². The maximum Gasteiger partial charge on any atom is 0.130 e. The number of terminal acetylenes is 1. The van der Waals surface area contributed by atoms with E-state index in [0.717, 1.165) is 0 Å². The van der Waals surface area contributed by atoms with Crippen molar-refractivity contribution in [2.45, 2.75) is 0 Å². The van der Waals surface area contributed by atoms with Crippen LogP contribution in [0.1, 0.15) is 11.1 Å². The number of nitrogens with zero attached hydrogens (tertiary/aromatic N) is 2. The molecule has 0 saturated heterocycles. The average molecular weight is 196 g/mol. The van der Waals surface area contributed by atoms with Gasteiger partial charge in [0.15, 0.2) is 0 Å². The van der Waals surface area contributed by atoms with Gasteiger partial charge in [-0.2, -0.15) is 10.5 Å². The highest BCUT2D eigenvalue weighted by atomic mass is 19.1. The molecule has 0 amide bonds. The predicted molar refractivity (Wildman–Crippen MR) is 53.5 cm³/mol. The number of hydrogen-bond donors (Lipinski definition) is 0. The normalized spacial score (nSPS) is 8.13. The van der Waals surface area contributed by atoms with Gasteiger partial charge in [0.2, 0.25) is 0 Å². The van der Waals surface area contributed by atoms with Crippen molar-refractivity contribution in [1.82, 2.24) is 0 Å². The third-order valence-corrected chi connectivity index (χ3v) is 1.64. The van der Waals surface area contributed by atoms with E-state index in [1.807, 2.05) is 0 Å². The standard InChI is InChI=1S/C12H5FN2/c1-2-9-3-10(6-12(13)5-9)4-11(7-14)8-15/h1,3-6H. The van der Waals surface area contributed by atoms with Crippen LogP contribution in [0.5, 0.6) is 0 Å². The lowest BCUT2D eigenvalue weighted by atomic mass is 10.1. The highest BCUT2D eigenvalue weighted by molar-refractivity contribution is 5.63. The minimum Gasteiger partial charge on any atom is -0.207 e. The smallest absolute Gasteiger partial charge is 0.130 e. The van der Waals surface area contributed by atoms with Gasteiger partial charge in [-0.1, -0.05) is 5.92 Å². The van der Waals surface area contributed by atoms with Gasteiger partial charge in [0.05, 0.1) is 0 Å². The molecule has 1 aromatic carbocycles. The van der Waals surface area contributed by atoms with Crippen LogP contribution in [0.15, 0.2) is 23.8 Å². The summed E-state index contributed by atoms with van der Waals surface area (Å²) in [7, 11) is 0. The molecule has 0 atom stereocenters. The molecule has 3 heteroatoms. The Morgan fingerprint density at radius 3 is 2.47 bits per heavy atom. The van der Waals surface area contributed by atoms with Crippen LogP contribution in [-0.2, 0) is 0 Å². The summed E-state index contributed by atoms with van der Waals surface area (Å²) >= 11 is 0. The first kappa shape index (κ1) is 10.5. The van der Waals surface area contributed by atoms with E-state index < -0.39 is 5.82 Å². The van der Waals surface area contributed by atoms with Crippen LogP contribution in [0.2, 0.25) is 0 Å². The topological polar surface area (TPSA) is 47.6 Å². The van der Waals surface area contributed by atoms with E-state index in [4.69, 9.17) is 16.9 Å². The number of allylic oxidation sites excluding steroid dienone is 1. The number of hydrogen-bond acceptors (Lipinski definition) is 2. The van der Waals surface area contributed by atoms with E-state index in [1.54, 1.807) is 12.1 Å². The van der Waals surface area contributed by atoms with Crippen LogP contribution >= 0.6 is 0 Å². The van der Waals surface area contributed by atoms with Crippen LogP contribution < -0.4 is 0 Å². The van der Waals surface area contributed by atoms with Gasteiger partial charge in [-0.3, -0.25) is 0 Å². The number of benzene rings is 1. The molecule has 0 unspecified atom stereocenters. The first-order valence-electron chi connectivity index (χ1n) is 3.98. The zero-order valence-corrected chi connectivity index (χ0v) is 7.66. The molecule has 1 rings (SSSR count). The van der Waals surface area contributed by atoms with Gasteiger partial charge in [-0.15, -0.1) is 6.42 Å². The summed E-state index contributed by atoms with van der Waals surface area (Å²) in [6.45, 7) is 0. The highest BCUT2D eigenvalue weighted by Gasteiger charge is 1.99. The molecule has 0 saturated carbocycles. The number of halogens is 1. The molecule has 15 heavy (non-hydrogen) atoms. The monoisotopic (exact) mass is 196 g/mol. The van der Waals surface area contributed by atoms with Gasteiger partial charge in [-0.05, 0) is 29.8 Å². The van der Waals surface area contributed by atoms with Crippen LogP contribution in [0.3, 0.4) is 0 Å². The predicted octanol–water partition coefficient (Wildman–Crippen LogP) is 2.24. The summed E-state index contributed by atoms with van der Waals surface area (Å²) in [5.41, 5.74) is 0.682. The maximum atomic E-state index is 13.0. The minimum absolute atomic E-state index is 0.0939. The second kappa shape index (κ2) is 4.61. The Balaban J connectivity index is 3.25. The Morgan fingerprint density at radius 2 is 1.93 bits per heavy atom. The average Bonchev–Trinajstić information content (AvgIpc) is 2.25. The van der Waals surface area contributed by atoms with E-state index >= 15 is 0 Å². The van der Waals surface area contributed by atoms with Crippen LogP contribution in [0.25, 0.3) is 6.08 Å². The van der Waals surface area contributed by atoms with Crippen molar-refractivity contribution in [3.63, 3.8) is 0 Å². The van der Waals surface area contributed by atoms with Crippen molar-refractivity contribution >= 4 is 6.08 Å². The fourth-order valence-corrected chi connectivity index (χ4v) is 1.04. The van der Waals surface area contributed by atoms with Crippen LogP contribution in [-0.4, -0.2) is 0 Å². The first-order chi connectivity index (χ1) is 7.19. The third kappa shape index (κ3) is 2.69. The Bertz CT molecular complexity index is 520. The number of nitriles is 2. The van der Waals surface area contributed by atoms with E-state index in [1.165, 1.54) is 24.3 Å². The molecule has 0 aliphatic rings. The quantitative estimate of drug-likeness (QED) is 0.510. The van der Waals surface area contributed by atoms with Crippen molar-refractivity contribution < 1.29 is 4.39 Å². The molecule has 70 valence electrons. The second-order valence-corrected chi connectivity index (χ2v) is 2.70. The molecular formula is C12H5FN2. The lowest BCUT2D eigenvalue weighted by Gasteiger charge is -1.96. The SMILES string of the molecule is C#Cc1cc(F)cc(C=C(C#N)C#N)c1. The molecule has 0 fully saturated rings. The molecule has 0 aromatic heterocycles. The summed E-state index contributed by atoms with van der Waals surface area (Å²) in [6, 6.07) is 7.30. The zero-order chi connectivity index (χ0) is 11.3. The van der Waals surface area contributed by atoms with Crippen molar-refractivity contribution in [2.75, 3.05) is 0 Å². The van der Waals surface area contributed by atoms with Gasteiger partial charge >= 0.3 is 0 Å². The lowest BCUT2D eigenvalue weighted by Crippen LogP contribution is -1.83. The maximum absolute atomic E-state index is 13.0. The molecule has 0 heterocycles. The van der Waals surface area contributed by atoms with Gasteiger partial charge in [0.25, 0.3) is 0 Å². The molecule has 0 bridgehead atoms. The lowest BCUT2D eigenvalue weighted by molar-refractivity contribution is 0.627. The van der Waals surface area contributed by atoms with Crippen LogP contribution in [0.4, 0.5) is 4.39 Å². The van der Waals surface area contributed by atoms with Gasteiger partial charge in [-0.25, -0.2) is 4.39 Å². The van der Waals surface area contributed by atoms with E-state index in [-0.39, 0.29) is 5.57 Å². The Hall–Kier alpha value is -2.57. The fourth-order valence-electron chi connectivity index (χ4n) is 1.04. The van der Waals surface area contributed by atoms with Gasteiger partial charge < -0.3 is 0 Å². The van der Waals surface area contributed by atoms with E-state index in [2.05, 4.69) is 5.92 Å². The van der Waals surface area contributed by atoms with Crippen LogP contribution in [0, 0.1) is 40.8 Å². The molecule has 0 spiro atoms. The highest BCUT2D eigenvalue weighted by Crippen LogP contribution is 2.11. The van der Waals surface area contributed by atoms with E-state index in [9.17, 15) is 4.39 Å². The largest absolute Gasteiger partial charge is 0.207 e. The summed E-state index contributed by atoms with van der Waals surface area (Å²) in [5, 5.41) is 17.0. The van der Waals surface area contributed by atoms with E-state index in [0.29, 0.717) is 11.1 Å². The molecule has 0 radical (unpaired) electrons. The molecule has 0 N–H and O–H groups in total. The summed E-state index contributed by atoms with van der Waals surface area (Å²) in [4.78, 5) is 0. The Kier molecular flexibility index (Phi) is 3.23. The van der Waals surface area contributed by atoms with Crippen molar-refractivity contribution in [1.29, 1.82) is 10.5 Å². The second-order valence-electron chi connectivity index (χ2n) is 2.70. The molecule has 2 nitrogen and oxygen atoms in total. The molecule has 1 aromatic rings. The molecule has 0 aliphatic heterocycles. The zero-order valence-electron chi connectivity index (χ0n) is 7.66. The van der Waals surface area contributed by atoms with Crippen molar-refractivity contribution in [3.8, 4) is 24.5 Å². The fraction of sp³-hybridized carbons (Fsp3) is 0. The third-order valence-electron chi connectivity index (χ3n) is 1.64. The minimum atomic E-state index is -0.494. The Morgan fingerprint density at radius 1 is 1.27 bits per heavy atom. The number of rotatable bonds is 1. The first-order valence-corrected chi connectivity index (χ1v) is 3.98. The summed E-state index contributed by atoms with van der Waals surface area (Å²) < 4.78 is 13.0. The van der Waals surface area contributed by atoms with Crippen molar-refractivity contribution in [3.05, 3.63) is 40.7 Å². The molecular weight excluding hydrogens is 191 g/mol.